The zero-order valence-electron chi connectivity index (χ0n) is 15.6. The van der Waals surface area contributed by atoms with Gasteiger partial charge in [-0.1, -0.05) is 26.8 Å². The van der Waals surface area contributed by atoms with Crippen molar-refractivity contribution in [2.45, 2.75) is 39.4 Å². The normalized spacial score (nSPS) is 25.7. The summed E-state index contributed by atoms with van der Waals surface area (Å²) in [5.74, 6) is 0.0901. The van der Waals surface area contributed by atoms with Gasteiger partial charge in [0.15, 0.2) is 9.84 Å². The topological polar surface area (TPSA) is 79.8 Å². The lowest BCUT2D eigenvalue weighted by Crippen LogP contribution is -2.60. The van der Waals surface area contributed by atoms with Crippen molar-refractivity contribution in [1.82, 2.24) is 14.8 Å². The highest BCUT2D eigenvalue weighted by molar-refractivity contribution is 7.91. The van der Waals surface area contributed by atoms with Gasteiger partial charge in [0.1, 0.15) is 0 Å². The Bertz CT molecular complexity index is 745. The van der Waals surface area contributed by atoms with E-state index < -0.39 is 15.9 Å². The maximum Gasteiger partial charge on any atom is 0.410 e. The van der Waals surface area contributed by atoms with Gasteiger partial charge >= 0.3 is 6.09 Å². The van der Waals surface area contributed by atoms with E-state index in [0.29, 0.717) is 26.2 Å². The Hall–Kier alpha value is -1.67. The average molecular weight is 381 g/mol. The minimum absolute atomic E-state index is 0.00578. The number of aromatic nitrogens is 1. The van der Waals surface area contributed by atoms with Crippen LogP contribution in [0.25, 0.3) is 0 Å². The summed E-state index contributed by atoms with van der Waals surface area (Å²) in [5, 5.41) is 0. The molecular formula is C18H27N3O4S. The molecule has 0 saturated carbocycles. The van der Waals surface area contributed by atoms with Crippen LogP contribution in [-0.2, 0) is 21.1 Å². The van der Waals surface area contributed by atoms with Crippen LogP contribution < -0.4 is 0 Å². The number of hydrogen-bond donors (Lipinski definition) is 0. The van der Waals surface area contributed by atoms with Gasteiger partial charge in [0.2, 0.25) is 0 Å². The third-order valence-corrected chi connectivity index (χ3v) is 6.46. The van der Waals surface area contributed by atoms with Crippen molar-refractivity contribution in [2.24, 2.45) is 5.41 Å². The smallest absolute Gasteiger partial charge is 0.410 e. The molecule has 7 nitrogen and oxygen atoms in total. The number of amides is 1. The van der Waals surface area contributed by atoms with Crippen LogP contribution in [0, 0.1) is 5.41 Å². The van der Waals surface area contributed by atoms with E-state index in [-0.39, 0.29) is 29.0 Å². The van der Waals surface area contributed by atoms with Crippen molar-refractivity contribution in [2.75, 3.05) is 31.2 Å². The lowest BCUT2D eigenvalue weighted by atomic mass is 9.99. The monoisotopic (exact) mass is 381 g/mol. The first-order chi connectivity index (χ1) is 12.1. The van der Waals surface area contributed by atoms with E-state index in [0.717, 1.165) is 5.56 Å². The minimum atomic E-state index is -3.17. The van der Waals surface area contributed by atoms with Crippen molar-refractivity contribution in [3.8, 4) is 0 Å². The van der Waals surface area contributed by atoms with Crippen molar-refractivity contribution >= 4 is 15.9 Å². The molecule has 144 valence electrons. The summed E-state index contributed by atoms with van der Waals surface area (Å²) in [4.78, 5) is 20.4. The second kappa shape index (κ2) is 7.15. The highest BCUT2D eigenvalue weighted by Crippen LogP contribution is 2.29. The lowest BCUT2D eigenvalue weighted by Gasteiger charge is -2.43. The van der Waals surface area contributed by atoms with Crippen LogP contribution in [0.5, 0.6) is 0 Å². The van der Waals surface area contributed by atoms with E-state index in [1.165, 1.54) is 0 Å². The third kappa shape index (κ3) is 4.54. The molecule has 26 heavy (non-hydrogen) atoms. The Balaban J connectivity index is 1.73. The molecule has 0 aromatic carbocycles. The first kappa shape index (κ1) is 19.1. The standard InChI is InChI=1S/C18H27N3O4S/c1-18(2,3)13-25-17(22)21-8-7-20(10-14-5-4-6-19-9-14)15-11-26(23,24)12-16(15)21/h4-6,9,15-16H,7-8,10-13H2,1-3H3. The average Bonchev–Trinajstić information content (AvgIpc) is 2.88. The number of pyridine rings is 1. The number of ether oxygens (including phenoxy) is 1. The molecule has 2 fully saturated rings. The van der Waals surface area contributed by atoms with Gasteiger partial charge in [-0.2, -0.15) is 0 Å². The maximum atomic E-state index is 12.5. The molecule has 0 radical (unpaired) electrons. The molecule has 0 N–H and O–H groups in total. The van der Waals surface area contributed by atoms with Crippen LogP contribution in [0.15, 0.2) is 24.5 Å². The molecule has 2 atom stereocenters. The number of rotatable bonds is 3. The molecule has 0 bridgehead atoms. The molecule has 0 aliphatic carbocycles. The lowest BCUT2D eigenvalue weighted by molar-refractivity contribution is 0.0161. The molecule has 1 aromatic rings. The number of sulfone groups is 1. The SMILES string of the molecule is CC(C)(C)COC(=O)N1CCN(Cc2cccnc2)C2CS(=O)(=O)CC21. The van der Waals surface area contributed by atoms with E-state index in [4.69, 9.17) is 4.74 Å². The molecule has 3 rings (SSSR count). The van der Waals surface area contributed by atoms with Crippen molar-refractivity contribution in [3.63, 3.8) is 0 Å². The highest BCUT2D eigenvalue weighted by atomic mass is 32.2. The predicted octanol–water partition coefficient (Wildman–Crippen LogP) is 1.55. The van der Waals surface area contributed by atoms with Crippen molar-refractivity contribution in [3.05, 3.63) is 30.1 Å². The summed E-state index contributed by atoms with van der Waals surface area (Å²) in [6.45, 7) is 8.02. The van der Waals surface area contributed by atoms with Crippen LogP contribution in [-0.4, -0.2) is 72.6 Å². The molecule has 0 spiro atoms. The van der Waals surface area contributed by atoms with Crippen molar-refractivity contribution < 1.29 is 17.9 Å². The third-order valence-electron chi connectivity index (χ3n) is 4.76. The van der Waals surface area contributed by atoms with Crippen LogP contribution in [0.1, 0.15) is 26.3 Å². The number of fused-ring (bicyclic) bond motifs is 1. The van der Waals surface area contributed by atoms with E-state index in [1.807, 2.05) is 32.9 Å². The van der Waals surface area contributed by atoms with Crippen molar-refractivity contribution in [1.29, 1.82) is 0 Å². The van der Waals surface area contributed by atoms with Gasteiger partial charge in [-0.25, -0.2) is 13.2 Å². The van der Waals surface area contributed by atoms with E-state index in [2.05, 4.69) is 9.88 Å². The Kier molecular flexibility index (Phi) is 5.25. The summed E-state index contributed by atoms with van der Waals surface area (Å²) in [6.07, 6.45) is 3.10. The Morgan fingerprint density at radius 2 is 2.00 bits per heavy atom. The molecule has 2 unspecified atom stereocenters. The molecule has 2 aliphatic heterocycles. The summed E-state index contributed by atoms with van der Waals surface area (Å²) in [5.41, 5.74) is 0.915. The van der Waals surface area contributed by atoms with Gasteiger partial charge in [0.25, 0.3) is 0 Å². The van der Waals surface area contributed by atoms with Gasteiger partial charge in [-0.05, 0) is 17.0 Å². The number of nitrogens with zero attached hydrogens (tertiary/aromatic N) is 3. The van der Waals surface area contributed by atoms with Gasteiger partial charge in [0, 0.05) is 38.1 Å². The van der Waals surface area contributed by atoms with Gasteiger partial charge < -0.3 is 9.64 Å². The molecule has 1 aromatic heterocycles. The number of piperazine rings is 1. The summed E-state index contributed by atoms with van der Waals surface area (Å²) in [7, 11) is -3.17. The van der Waals surface area contributed by atoms with Crippen LogP contribution >= 0.6 is 0 Å². The highest BCUT2D eigenvalue weighted by Gasteiger charge is 2.48. The zero-order valence-corrected chi connectivity index (χ0v) is 16.4. The number of carbonyl (C=O) groups excluding carboxylic acids is 1. The molecule has 1 amide bonds. The quantitative estimate of drug-likeness (QED) is 0.790. The number of hydrogen-bond acceptors (Lipinski definition) is 6. The Morgan fingerprint density at radius 3 is 2.65 bits per heavy atom. The van der Waals surface area contributed by atoms with Crippen LogP contribution in [0.2, 0.25) is 0 Å². The Morgan fingerprint density at radius 1 is 1.27 bits per heavy atom. The molecule has 8 heteroatoms. The fourth-order valence-corrected chi connectivity index (χ4v) is 5.55. The van der Waals surface area contributed by atoms with Crippen LogP contribution in [0.3, 0.4) is 0 Å². The molecular weight excluding hydrogens is 354 g/mol. The molecule has 2 saturated heterocycles. The first-order valence-electron chi connectivity index (χ1n) is 8.91. The minimum Gasteiger partial charge on any atom is -0.449 e. The van der Waals surface area contributed by atoms with Gasteiger partial charge in [-0.3, -0.25) is 9.88 Å². The van der Waals surface area contributed by atoms with Crippen LogP contribution in [0.4, 0.5) is 4.79 Å². The zero-order chi connectivity index (χ0) is 18.9. The fraction of sp³-hybridized carbons (Fsp3) is 0.667. The summed E-state index contributed by atoms with van der Waals surface area (Å²) < 4.78 is 30.0. The van der Waals surface area contributed by atoms with E-state index in [9.17, 15) is 13.2 Å². The molecule has 2 aliphatic rings. The van der Waals surface area contributed by atoms with E-state index in [1.54, 1.807) is 17.3 Å². The summed E-state index contributed by atoms with van der Waals surface area (Å²) >= 11 is 0. The second-order valence-corrected chi connectivity index (χ2v) is 10.5. The first-order valence-corrected chi connectivity index (χ1v) is 10.7. The number of carbonyl (C=O) groups is 1. The van der Waals surface area contributed by atoms with Gasteiger partial charge in [-0.15, -0.1) is 0 Å². The second-order valence-electron chi connectivity index (χ2n) is 8.35. The predicted molar refractivity (Wildman–Crippen MR) is 98.4 cm³/mol. The molecule has 3 heterocycles. The van der Waals surface area contributed by atoms with E-state index >= 15 is 0 Å². The summed E-state index contributed by atoms with van der Waals surface area (Å²) in [6, 6.07) is 3.31. The largest absolute Gasteiger partial charge is 0.449 e. The maximum absolute atomic E-state index is 12.5. The fourth-order valence-electron chi connectivity index (χ4n) is 3.54. The Labute approximate surface area is 155 Å². The van der Waals surface area contributed by atoms with Gasteiger partial charge in [0.05, 0.1) is 24.2 Å².